The topological polar surface area (TPSA) is 63.4 Å². The predicted octanol–water partition coefficient (Wildman–Crippen LogP) is 2.54. The smallest absolute Gasteiger partial charge is 0.244 e. The van der Waals surface area contributed by atoms with Crippen LogP contribution in [0, 0.1) is 12.8 Å². The third-order valence-electron chi connectivity index (χ3n) is 3.61. The van der Waals surface area contributed by atoms with E-state index in [-0.39, 0.29) is 12.4 Å². The van der Waals surface area contributed by atoms with Gasteiger partial charge in [-0.3, -0.25) is 0 Å². The van der Waals surface area contributed by atoms with Crippen molar-refractivity contribution in [2.75, 3.05) is 19.6 Å². The van der Waals surface area contributed by atoms with Crippen LogP contribution in [-0.4, -0.2) is 32.4 Å². The van der Waals surface area contributed by atoms with Crippen LogP contribution in [0.4, 0.5) is 0 Å². The van der Waals surface area contributed by atoms with Gasteiger partial charge in [-0.25, -0.2) is 8.42 Å². The standard InChI is InChI=1S/C13H19BrN2O2S.ClH/c1-10-2-3-13(12(14)8-10)19(17,18)16-6-4-11(9-15)5-7-16;/h2-3,8,11H,4-7,9,15H2,1H3;1H. The van der Waals surface area contributed by atoms with E-state index in [1.54, 1.807) is 10.4 Å². The number of nitrogens with zero attached hydrogens (tertiary/aromatic N) is 1. The summed E-state index contributed by atoms with van der Waals surface area (Å²) >= 11 is 3.35. The second kappa shape index (κ2) is 7.22. The maximum Gasteiger partial charge on any atom is 0.244 e. The third kappa shape index (κ3) is 3.74. The Hall–Kier alpha value is -0.140. The second-order valence-electron chi connectivity index (χ2n) is 5.02. The van der Waals surface area contributed by atoms with Crippen molar-refractivity contribution in [1.82, 2.24) is 4.31 Å². The molecule has 0 aromatic heterocycles. The fraction of sp³-hybridized carbons (Fsp3) is 0.538. The van der Waals surface area contributed by atoms with Crippen LogP contribution in [0.5, 0.6) is 0 Å². The average Bonchev–Trinajstić information content (AvgIpc) is 2.38. The quantitative estimate of drug-likeness (QED) is 0.872. The van der Waals surface area contributed by atoms with Crippen molar-refractivity contribution < 1.29 is 8.42 Å². The maximum atomic E-state index is 12.6. The Kier molecular flexibility index (Phi) is 6.47. The first-order valence-electron chi connectivity index (χ1n) is 6.41. The molecule has 114 valence electrons. The minimum absolute atomic E-state index is 0. The Bertz CT molecular complexity index is 557. The summed E-state index contributed by atoms with van der Waals surface area (Å²) < 4.78 is 27.4. The average molecular weight is 384 g/mol. The number of halogens is 2. The molecule has 0 radical (unpaired) electrons. The lowest BCUT2D eigenvalue weighted by molar-refractivity contribution is 0.278. The summed E-state index contributed by atoms with van der Waals surface area (Å²) in [6, 6.07) is 5.33. The highest BCUT2D eigenvalue weighted by Gasteiger charge is 2.30. The van der Waals surface area contributed by atoms with E-state index in [4.69, 9.17) is 5.73 Å². The molecule has 1 aromatic rings. The number of hydrogen-bond acceptors (Lipinski definition) is 3. The summed E-state index contributed by atoms with van der Waals surface area (Å²) in [4.78, 5) is 0.351. The van der Waals surface area contributed by atoms with Gasteiger partial charge in [0.05, 0.1) is 4.90 Å². The van der Waals surface area contributed by atoms with E-state index in [2.05, 4.69) is 15.9 Å². The van der Waals surface area contributed by atoms with Crippen molar-refractivity contribution in [1.29, 1.82) is 0 Å². The van der Waals surface area contributed by atoms with E-state index >= 15 is 0 Å². The van der Waals surface area contributed by atoms with Gasteiger partial charge in [-0.05, 0) is 65.9 Å². The number of rotatable bonds is 3. The number of aryl methyl sites for hydroxylation is 1. The van der Waals surface area contributed by atoms with E-state index in [1.165, 1.54) is 0 Å². The van der Waals surface area contributed by atoms with Crippen LogP contribution < -0.4 is 5.73 Å². The number of hydrogen-bond donors (Lipinski definition) is 1. The first-order chi connectivity index (χ1) is 8.95. The Balaban J connectivity index is 0.00000200. The third-order valence-corrected chi connectivity index (χ3v) is 6.49. The molecule has 1 aromatic carbocycles. The van der Waals surface area contributed by atoms with Gasteiger partial charge in [0.1, 0.15) is 0 Å². The fourth-order valence-corrected chi connectivity index (χ4v) is 4.96. The van der Waals surface area contributed by atoms with Crippen LogP contribution >= 0.6 is 28.3 Å². The van der Waals surface area contributed by atoms with Gasteiger partial charge in [0.25, 0.3) is 0 Å². The number of piperidine rings is 1. The lowest BCUT2D eigenvalue weighted by atomic mass is 9.99. The van der Waals surface area contributed by atoms with Gasteiger partial charge < -0.3 is 5.73 Å². The summed E-state index contributed by atoms with van der Waals surface area (Å²) in [5, 5.41) is 0. The molecular formula is C13H20BrClN2O2S. The fourth-order valence-electron chi connectivity index (χ4n) is 2.34. The number of benzene rings is 1. The van der Waals surface area contributed by atoms with Crippen molar-refractivity contribution in [3.63, 3.8) is 0 Å². The minimum atomic E-state index is -3.40. The van der Waals surface area contributed by atoms with E-state index in [1.807, 2.05) is 19.1 Å². The van der Waals surface area contributed by atoms with E-state index < -0.39 is 10.0 Å². The molecule has 2 N–H and O–H groups in total. The van der Waals surface area contributed by atoms with Crippen molar-refractivity contribution in [2.45, 2.75) is 24.7 Å². The first kappa shape index (κ1) is 17.9. The SMILES string of the molecule is Cc1ccc(S(=O)(=O)N2CCC(CN)CC2)c(Br)c1.Cl. The molecule has 1 aliphatic rings. The highest BCUT2D eigenvalue weighted by Crippen LogP contribution is 2.28. The first-order valence-corrected chi connectivity index (χ1v) is 8.65. The van der Waals surface area contributed by atoms with Crippen molar-refractivity contribution in [3.05, 3.63) is 28.2 Å². The van der Waals surface area contributed by atoms with Gasteiger partial charge in [-0.15, -0.1) is 12.4 Å². The maximum absolute atomic E-state index is 12.6. The van der Waals surface area contributed by atoms with Crippen LogP contribution in [0.1, 0.15) is 18.4 Å². The van der Waals surface area contributed by atoms with Crippen molar-refractivity contribution in [3.8, 4) is 0 Å². The Morgan fingerprint density at radius 1 is 1.35 bits per heavy atom. The van der Waals surface area contributed by atoms with Gasteiger partial charge in [-0.2, -0.15) is 4.31 Å². The second-order valence-corrected chi connectivity index (χ2v) is 7.78. The summed E-state index contributed by atoms with van der Waals surface area (Å²) in [6.45, 7) is 3.70. The molecule has 0 atom stereocenters. The van der Waals surface area contributed by atoms with Crippen LogP contribution in [0.25, 0.3) is 0 Å². The zero-order valence-corrected chi connectivity index (χ0v) is 14.6. The minimum Gasteiger partial charge on any atom is -0.330 e. The molecule has 1 aliphatic heterocycles. The molecule has 20 heavy (non-hydrogen) atoms. The largest absolute Gasteiger partial charge is 0.330 e. The van der Waals surface area contributed by atoms with Crippen molar-refractivity contribution in [2.24, 2.45) is 11.7 Å². The highest BCUT2D eigenvalue weighted by atomic mass is 79.9. The molecule has 1 heterocycles. The molecular weight excluding hydrogens is 364 g/mol. The zero-order valence-electron chi connectivity index (χ0n) is 11.4. The summed E-state index contributed by atoms with van der Waals surface area (Å²) in [5.74, 6) is 0.452. The van der Waals surface area contributed by atoms with Gasteiger partial charge in [-0.1, -0.05) is 6.07 Å². The Morgan fingerprint density at radius 2 is 1.95 bits per heavy atom. The van der Waals surface area contributed by atoms with E-state index in [0.29, 0.717) is 34.9 Å². The molecule has 0 saturated carbocycles. The predicted molar refractivity (Wildman–Crippen MR) is 86.7 cm³/mol. The Labute approximate surface area is 135 Å². The van der Waals surface area contributed by atoms with Gasteiger partial charge in [0.15, 0.2) is 0 Å². The molecule has 0 bridgehead atoms. The molecule has 0 spiro atoms. The molecule has 0 aliphatic carbocycles. The molecule has 0 unspecified atom stereocenters. The zero-order chi connectivity index (χ0) is 14.0. The highest BCUT2D eigenvalue weighted by molar-refractivity contribution is 9.10. The van der Waals surface area contributed by atoms with Crippen LogP contribution in [-0.2, 0) is 10.0 Å². The van der Waals surface area contributed by atoms with Crippen molar-refractivity contribution >= 4 is 38.4 Å². The summed E-state index contributed by atoms with van der Waals surface area (Å²) in [5.41, 5.74) is 6.67. The summed E-state index contributed by atoms with van der Waals surface area (Å²) in [7, 11) is -3.40. The van der Waals surface area contributed by atoms with E-state index in [0.717, 1.165) is 18.4 Å². The number of nitrogens with two attached hydrogens (primary N) is 1. The molecule has 0 amide bonds. The lowest BCUT2D eigenvalue weighted by Gasteiger charge is -2.30. The molecule has 2 rings (SSSR count). The molecule has 1 saturated heterocycles. The van der Waals surface area contributed by atoms with Gasteiger partial charge in [0.2, 0.25) is 10.0 Å². The van der Waals surface area contributed by atoms with Crippen LogP contribution in [0.2, 0.25) is 0 Å². The molecule has 1 fully saturated rings. The lowest BCUT2D eigenvalue weighted by Crippen LogP contribution is -2.40. The number of sulfonamides is 1. The monoisotopic (exact) mass is 382 g/mol. The normalized spacial score (nSPS) is 17.8. The van der Waals surface area contributed by atoms with Crippen LogP contribution in [0.3, 0.4) is 0 Å². The van der Waals surface area contributed by atoms with E-state index in [9.17, 15) is 8.42 Å². The molecule has 4 nitrogen and oxygen atoms in total. The van der Waals surface area contributed by atoms with Crippen LogP contribution in [0.15, 0.2) is 27.6 Å². The van der Waals surface area contributed by atoms with Gasteiger partial charge >= 0.3 is 0 Å². The molecule has 7 heteroatoms. The Morgan fingerprint density at radius 3 is 2.45 bits per heavy atom. The van der Waals surface area contributed by atoms with Gasteiger partial charge in [0, 0.05) is 17.6 Å². The summed E-state index contributed by atoms with van der Waals surface area (Å²) in [6.07, 6.45) is 1.69.